The number of rotatable bonds is 4. The molecule has 0 bridgehead atoms. The number of hydrogen-bond acceptors (Lipinski definition) is 4. The zero-order chi connectivity index (χ0) is 17.1. The number of nitrogens with one attached hydrogen (secondary N) is 1. The quantitative estimate of drug-likeness (QED) is 0.638. The van der Waals surface area contributed by atoms with Gasteiger partial charge in [-0.15, -0.1) is 0 Å². The molecule has 6 nitrogen and oxygen atoms in total. The zero-order valence-corrected chi connectivity index (χ0v) is 13.4. The van der Waals surface area contributed by atoms with Crippen molar-refractivity contribution in [1.82, 2.24) is 5.32 Å². The first-order chi connectivity index (χ1) is 10.8. The van der Waals surface area contributed by atoms with Crippen LogP contribution in [-0.4, -0.2) is 15.9 Å². The predicted octanol–water partition coefficient (Wildman–Crippen LogP) is 4.10. The highest BCUT2D eigenvalue weighted by molar-refractivity contribution is 6.35. The summed E-state index contributed by atoms with van der Waals surface area (Å²) >= 11 is 11.9. The highest BCUT2D eigenvalue weighted by Gasteiger charge is 2.18. The van der Waals surface area contributed by atoms with E-state index in [0.29, 0.717) is 15.6 Å². The molecule has 120 valence electrons. The van der Waals surface area contributed by atoms with Crippen LogP contribution in [0, 0.1) is 10.1 Å². The maximum absolute atomic E-state index is 12.2. The molecule has 2 rings (SSSR count). The van der Waals surface area contributed by atoms with Crippen molar-refractivity contribution in [1.29, 1.82) is 0 Å². The maximum Gasteiger partial charge on any atom is 0.310 e. The average Bonchev–Trinajstić information content (AvgIpc) is 2.46. The van der Waals surface area contributed by atoms with Crippen LogP contribution >= 0.6 is 23.2 Å². The molecule has 0 saturated carbocycles. The van der Waals surface area contributed by atoms with Crippen LogP contribution in [0.25, 0.3) is 0 Å². The first kappa shape index (κ1) is 17.1. The van der Waals surface area contributed by atoms with Gasteiger partial charge in [0.2, 0.25) is 0 Å². The number of carbonyl (C=O) groups is 1. The van der Waals surface area contributed by atoms with Crippen LogP contribution in [0.1, 0.15) is 28.9 Å². The summed E-state index contributed by atoms with van der Waals surface area (Å²) in [6.45, 7) is 1.73. The van der Waals surface area contributed by atoms with Gasteiger partial charge < -0.3 is 10.4 Å². The van der Waals surface area contributed by atoms with E-state index in [2.05, 4.69) is 5.32 Å². The van der Waals surface area contributed by atoms with Gasteiger partial charge in [-0.1, -0.05) is 29.3 Å². The summed E-state index contributed by atoms with van der Waals surface area (Å²) in [6.07, 6.45) is 0. The fourth-order valence-corrected chi connectivity index (χ4v) is 2.60. The maximum atomic E-state index is 12.2. The third-order valence-electron chi connectivity index (χ3n) is 3.21. The molecule has 1 unspecified atom stereocenters. The van der Waals surface area contributed by atoms with Gasteiger partial charge in [0.1, 0.15) is 0 Å². The van der Waals surface area contributed by atoms with Gasteiger partial charge in [0.05, 0.1) is 11.0 Å². The van der Waals surface area contributed by atoms with Crippen LogP contribution in [0.15, 0.2) is 36.4 Å². The van der Waals surface area contributed by atoms with Gasteiger partial charge in [-0.2, -0.15) is 0 Å². The van der Waals surface area contributed by atoms with Crippen LogP contribution in [0.5, 0.6) is 5.75 Å². The highest BCUT2D eigenvalue weighted by Crippen LogP contribution is 2.28. The molecule has 2 aromatic carbocycles. The molecule has 23 heavy (non-hydrogen) atoms. The Kier molecular flexibility index (Phi) is 5.08. The first-order valence-electron chi connectivity index (χ1n) is 6.53. The lowest BCUT2D eigenvalue weighted by atomic mass is 10.1. The SMILES string of the molecule is CC(NC(=O)c1ccc([N+](=O)[O-])c(O)c1)c1ccc(Cl)cc1Cl. The predicted molar refractivity (Wildman–Crippen MR) is 87.1 cm³/mol. The Labute approximate surface area is 141 Å². The number of phenolic OH excluding ortho intramolecular Hbond substituents is 1. The molecule has 0 aliphatic rings. The number of aromatic hydroxyl groups is 1. The van der Waals surface area contributed by atoms with Crippen molar-refractivity contribution in [3.05, 3.63) is 67.7 Å². The molecule has 2 aromatic rings. The Morgan fingerprint density at radius 3 is 2.52 bits per heavy atom. The average molecular weight is 355 g/mol. The van der Waals surface area contributed by atoms with Crippen LogP contribution in [0.3, 0.4) is 0 Å². The molecule has 0 spiro atoms. The Bertz CT molecular complexity index is 780. The molecule has 0 aliphatic heterocycles. The number of phenols is 1. The van der Waals surface area contributed by atoms with Crippen molar-refractivity contribution in [3.63, 3.8) is 0 Å². The molecular weight excluding hydrogens is 343 g/mol. The lowest BCUT2D eigenvalue weighted by molar-refractivity contribution is -0.385. The number of nitrogens with zero attached hydrogens (tertiary/aromatic N) is 1. The molecule has 0 saturated heterocycles. The van der Waals surface area contributed by atoms with Gasteiger partial charge in [-0.3, -0.25) is 14.9 Å². The Morgan fingerprint density at radius 2 is 1.96 bits per heavy atom. The van der Waals surface area contributed by atoms with Crippen LogP contribution in [0.4, 0.5) is 5.69 Å². The second-order valence-corrected chi connectivity index (χ2v) is 5.67. The molecule has 8 heteroatoms. The topological polar surface area (TPSA) is 92.5 Å². The molecule has 1 amide bonds. The van der Waals surface area contributed by atoms with Gasteiger partial charge in [-0.25, -0.2) is 0 Å². The van der Waals surface area contributed by atoms with Crippen LogP contribution in [0.2, 0.25) is 10.0 Å². The molecule has 1 atom stereocenters. The molecule has 2 N–H and O–H groups in total. The van der Waals surface area contributed by atoms with Gasteiger partial charge >= 0.3 is 5.69 Å². The van der Waals surface area contributed by atoms with Crippen molar-refractivity contribution < 1.29 is 14.8 Å². The number of hydrogen-bond donors (Lipinski definition) is 2. The summed E-state index contributed by atoms with van der Waals surface area (Å²) < 4.78 is 0. The molecule has 0 heterocycles. The normalized spacial score (nSPS) is 11.8. The fourth-order valence-electron chi connectivity index (χ4n) is 2.03. The summed E-state index contributed by atoms with van der Waals surface area (Å²) in [5, 5.41) is 23.8. The second kappa shape index (κ2) is 6.85. The summed E-state index contributed by atoms with van der Waals surface area (Å²) in [7, 11) is 0. The second-order valence-electron chi connectivity index (χ2n) is 4.82. The van der Waals surface area contributed by atoms with Crippen molar-refractivity contribution >= 4 is 34.8 Å². The number of amides is 1. The third-order valence-corrected chi connectivity index (χ3v) is 3.77. The Balaban J connectivity index is 2.18. The largest absolute Gasteiger partial charge is 0.502 e. The molecule has 0 radical (unpaired) electrons. The zero-order valence-electron chi connectivity index (χ0n) is 11.9. The molecule has 0 aliphatic carbocycles. The monoisotopic (exact) mass is 354 g/mol. The summed E-state index contributed by atoms with van der Waals surface area (Å²) in [5.41, 5.74) is 0.316. The minimum Gasteiger partial charge on any atom is -0.502 e. The lowest BCUT2D eigenvalue weighted by Gasteiger charge is -2.16. The van der Waals surface area contributed by atoms with Crippen molar-refractivity contribution in [2.75, 3.05) is 0 Å². The number of nitro benzene ring substituents is 1. The van der Waals surface area contributed by atoms with Gasteiger partial charge in [-0.05, 0) is 36.8 Å². The molecular formula is C15H12Cl2N2O4. The lowest BCUT2D eigenvalue weighted by Crippen LogP contribution is -2.26. The fraction of sp³-hybridized carbons (Fsp3) is 0.133. The van der Waals surface area contributed by atoms with Gasteiger partial charge in [0.15, 0.2) is 5.75 Å². The van der Waals surface area contributed by atoms with E-state index in [1.807, 2.05) is 0 Å². The smallest absolute Gasteiger partial charge is 0.310 e. The molecule has 0 aromatic heterocycles. The highest BCUT2D eigenvalue weighted by atomic mass is 35.5. The number of nitro groups is 1. The van der Waals surface area contributed by atoms with Crippen molar-refractivity contribution in [3.8, 4) is 5.75 Å². The van der Waals surface area contributed by atoms with E-state index in [-0.39, 0.29) is 5.56 Å². The van der Waals surface area contributed by atoms with E-state index in [9.17, 15) is 20.0 Å². The standard InChI is InChI=1S/C15H12Cl2N2O4/c1-8(11-4-3-10(16)7-12(11)17)18-15(21)9-2-5-13(19(22)23)14(20)6-9/h2-8,20H,1H3,(H,18,21). The molecule has 0 fully saturated rings. The van der Waals surface area contributed by atoms with Crippen LogP contribution < -0.4 is 5.32 Å². The number of benzene rings is 2. The minimum atomic E-state index is -0.729. The van der Waals surface area contributed by atoms with Crippen molar-refractivity contribution in [2.45, 2.75) is 13.0 Å². The van der Waals surface area contributed by atoms with Crippen LogP contribution in [-0.2, 0) is 0 Å². The van der Waals surface area contributed by atoms with E-state index >= 15 is 0 Å². The summed E-state index contributed by atoms with van der Waals surface area (Å²) in [5.74, 6) is -1.06. The Hall–Kier alpha value is -2.31. The van der Waals surface area contributed by atoms with Gasteiger partial charge in [0.25, 0.3) is 5.91 Å². The summed E-state index contributed by atoms with van der Waals surface area (Å²) in [6, 6.07) is 7.90. The summed E-state index contributed by atoms with van der Waals surface area (Å²) in [4.78, 5) is 22.1. The van der Waals surface area contributed by atoms with E-state index in [0.717, 1.165) is 12.1 Å². The minimum absolute atomic E-state index is 0.102. The third kappa shape index (κ3) is 3.91. The number of carbonyl (C=O) groups excluding carboxylic acids is 1. The van der Waals surface area contributed by atoms with E-state index < -0.39 is 28.3 Å². The first-order valence-corrected chi connectivity index (χ1v) is 7.28. The van der Waals surface area contributed by atoms with E-state index in [1.54, 1.807) is 25.1 Å². The van der Waals surface area contributed by atoms with E-state index in [1.165, 1.54) is 6.07 Å². The number of halogens is 2. The van der Waals surface area contributed by atoms with Gasteiger partial charge in [0, 0.05) is 21.7 Å². The van der Waals surface area contributed by atoms with E-state index in [4.69, 9.17) is 23.2 Å². The van der Waals surface area contributed by atoms with Crippen molar-refractivity contribution in [2.24, 2.45) is 0 Å². The Morgan fingerprint density at radius 1 is 1.26 bits per heavy atom.